The highest BCUT2D eigenvalue weighted by Gasteiger charge is 2.23. The monoisotopic (exact) mass is 260 g/mol. The van der Waals surface area contributed by atoms with Crippen LogP contribution in [0.1, 0.15) is 11.1 Å². The molecule has 0 bridgehead atoms. The number of benzene rings is 2. The third-order valence-electron chi connectivity index (χ3n) is 3.74. The van der Waals surface area contributed by atoms with Crippen LogP contribution in [0.5, 0.6) is 5.75 Å². The van der Waals surface area contributed by atoms with Crippen LogP contribution in [0.25, 0.3) is 22.4 Å². The molecule has 20 heavy (non-hydrogen) atoms. The van der Waals surface area contributed by atoms with Crippen molar-refractivity contribution in [2.75, 3.05) is 0 Å². The minimum atomic E-state index is 0.259. The molecule has 3 heteroatoms. The fourth-order valence-electron chi connectivity index (χ4n) is 2.80. The van der Waals surface area contributed by atoms with Crippen molar-refractivity contribution in [3.05, 3.63) is 65.9 Å². The molecule has 4 rings (SSSR count). The first-order valence-corrected chi connectivity index (χ1v) is 6.55. The largest absolute Gasteiger partial charge is 0.508 e. The fraction of sp³-hybridized carbons (Fsp3) is 0.0588. The summed E-state index contributed by atoms with van der Waals surface area (Å²) < 4.78 is 0. The van der Waals surface area contributed by atoms with E-state index in [4.69, 9.17) is 0 Å². The van der Waals surface area contributed by atoms with Crippen LogP contribution in [-0.4, -0.2) is 15.3 Å². The van der Waals surface area contributed by atoms with Gasteiger partial charge in [0.05, 0.1) is 6.20 Å². The SMILES string of the molecule is Oc1ccc(-c2nncc3c2-c2ccccc2C3)cc1. The maximum atomic E-state index is 9.42. The second kappa shape index (κ2) is 4.17. The van der Waals surface area contributed by atoms with E-state index in [1.54, 1.807) is 12.1 Å². The Bertz CT molecular complexity index is 794. The van der Waals surface area contributed by atoms with E-state index in [1.807, 2.05) is 18.3 Å². The third-order valence-corrected chi connectivity index (χ3v) is 3.74. The van der Waals surface area contributed by atoms with Gasteiger partial charge in [0.25, 0.3) is 0 Å². The predicted octanol–water partition coefficient (Wildman–Crippen LogP) is 3.42. The van der Waals surface area contributed by atoms with Crippen LogP contribution in [0, 0.1) is 0 Å². The van der Waals surface area contributed by atoms with Crippen LogP contribution in [0.2, 0.25) is 0 Å². The molecule has 1 heterocycles. The van der Waals surface area contributed by atoms with Gasteiger partial charge in [-0.2, -0.15) is 5.10 Å². The molecule has 3 aromatic rings. The molecule has 0 radical (unpaired) electrons. The van der Waals surface area contributed by atoms with E-state index in [0.29, 0.717) is 0 Å². The van der Waals surface area contributed by atoms with Crippen molar-refractivity contribution in [2.24, 2.45) is 0 Å². The topological polar surface area (TPSA) is 46.0 Å². The van der Waals surface area contributed by atoms with E-state index in [0.717, 1.165) is 17.7 Å². The quantitative estimate of drug-likeness (QED) is 0.570. The lowest BCUT2D eigenvalue weighted by Crippen LogP contribution is -1.93. The molecule has 1 aliphatic rings. The van der Waals surface area contributed by atoms with E-state index < -0.39 is 0 Å². The number of hydrogen-bond donors (Lipinski definition) is 1. The highest BCUT2D eigenvalue weighted by molar-refractivity contribution is 5.87. The van der Waals surface area contributed by atoms with Gasteiger partial charge < -0.3 is 5.11 Å². The molecular weight excluding hydrogens is 248 g/mol. The average Bonchev–Trinajstić information content (AvgIpc) is 2.86. The molecule has 0 atom stereocenters. The number of fused-ring (bicyclic) bond motifs is 3. The maximum absolute atomic E-state index is 9.42. The standard InChI is InChI=1S/C17H12N2O/c20-14-7-5-11(6-8-14)17-16-13(10-18-19-17)9-12-3-1-2-4-15(12)16/h1-8,10,20H,9H2. The van der Waals surface area contributed by atoms with Gasteiger partial charge in [0.2, 0.25) is 0 Å². The predicted molar refractivity (Wildman–Crippen MR) is 77.4 cm³/mol. The van der Waals surface area contributed by atoms with Crippen molar-refractivity contribution in [2.45, 2.75) is 6.42 Å². The normalized spacial score (nSPS) is 12.0. The van der Waals surface area contributed by atoms with Crippen molar-refractivity contribution in [1.82, 2.24) is 10.2 Å². The lowest BCUT2D eigenvalue weighted by atomic mass is 10.0. The summed E-state index contributed by atoms with van der Waals surface area (Å²) in [5.41, 5.74) is 6.79. The van der Waals surface area contributed by atoms with Gasteiger partial charge in [0.1, 0.15) is 11.4 Å². The van der Waals surface area contributed by atoms with E-state index in [1.165, 1.54) is 22.3 Å². The van der Waals surface area contributed by atoms with Gasteiger partial charge in [-0.15, -0.1) is 5.10 Å². The summed E-state index contributed by atoms with van der Waals surface area (Å²) in [5, 5.41) is 17.9. The van der Waals surface area contributed by atoms with E-state index in [-0.39, 0.29) is 5.75 Å². The Morgan fingerprint density at radius 1 is 0.900 bits per heavy atom. The van der Waals surface area contributed by atoms with Crippen molar-refractivity contribution in [3.63, 3.8) is 0 Å². The Labute approximate surface area is 116 Å². The van der Waals surface area contributed by atoms with Crippen LogP contribution in [-0.2, 0) is 6.42 Å². The number of phenols is 1. The number of nitrogens with zero attached hydrogens (tertiary/aromatic N) is 2. The van der Waals surface area contributed by atoms with Crippen molar-refractivity contribution >= 4 is 0 Å². The second-order valence-electron chi connectivity index (χ2n) is 4.97. The zero-order chi connectivity index (χ0) is 13.5. The summed E-state index contributed by atoms with van der Waals surface area (Å²) in [6.45, 7) is 0. The summed E-state index contributed by atoms with van der Waals surface area (Å²) in [6, 6.07) is 15.5. The molecular formula is C17H12N2O. The summed E-state index contributed by atoms with van der Waals surface area (Å²) in [6.07, 6.45) is 2.76. The molecule has 1 aromatic heterocycles. The van der Waals surface area contributed by atoms with Gasteiger partial charge in [-0.05, 0) is 41.0 Å². The smallest absolute Gasteiger partial charge is 0.115 e. The zero-order valence-electron chi connectivity index (χ0n) is 10.7. The number of rotatable bonds is 1. The molecule has 2 aromatic carbocycles. The second-order valence-corrected chi connectivity index (χ2v) is 4.97. The average molecular weight is 260 g/mol. The summed E-state index contributed by atoms with van der Waals surface area (Å²) in [5.74, 6) is 0.259. The first-order chi connectivity index (χ1) is 9.83. The third kappa shape index (κ3) is 1.60. The summed E-state index contributed by atoms with van der Waals surface area (Å²) in [7, 11) is 0. The van der Waals surface area contributed by atoms with E-state index in [9.17, 15) is 5.11 Å². The van der Waals surface area contributed by atoms with Gasteiger partial charge in [-0.1, -0.05) is 24.3 Å². The van der Waals surface area contributed by atoms with E-state index in [2.05, 4.69) is 34.5 Å². The number of aromatic hydroxyl groups is 1. The zero-order valence-corrected chi connectivity index (χ0v) is 10.7. The minimum absolute atomic E-state index is 0.259. The highest BCUT2D eigenvalue weighted by Crippen LogP contribution is 2.41. The summed E-state index contributed by atoms with van der Waals surface area (Å²) >= 11 is 0. The van der Waals surface area contributed by atoms with Crippen LogP contribution in [0.3, 0.4) is 0 Å². The lowest BCUT2D eigenvalue weighted by molar-refractivity contribution is 0.475. The Morgan fingerprint density at radius 2 is 1.70 bits per heavy atom. The van der Waals surface area contributed by atoms with Gasteiger partial charge in [0, 0.05) is 17.5 Å². The lowest BCUT2D eigenvalue weighted by Gasteiger charge is -2.07. The number of phenolic OH excluding ortho intramolecular Hbond substituents is 1. The van der Waals surface area contributed by atoms with Crippen molar-refractivity contribution < 1.29 is 5.11 Å². The van der Waals surface area contributed by atoms with E-state index >= 15 is 0 Å². The molecule has 0 saturated heterocycles. The Balaban J connectivity index is 1.97. The Morgan fingerprint density at radius 3 is 2.55 bits per heavy atom. The van der Waals surface area contributed by atoms with Crippen molar-refractivity contribution in [3.8, 4) is 28.1 Å². The molecule has 0 unspecified atom stereocenters. The molecule has 3 nitrogen and oxygen atoms in total. The molecule has 1 aliphatic carbocycles. The van der Waals surface area contributed by atoms with Crippen LogP contribution in [0.4, 0.5) is 0 Å². The van der Waals surface area contributed by atoms with Gasteiger partial charge in [0.15, 0.2) is 0 Å². The minimum Gasteiger partial charge on any atom is -0.508 e. The maximum Gasteiger partial charge on any atom is 0.115 e. The molecule has 0 fully saturated rings. The molecule has 0 aliphatic heterocycles. The molecule has 0 saturated carbocycles. The van der Waals surface area contributed by atoms with Gasteiger partial charge >= 0.3 is 0 Å². The van der Waals surface area contributed by atoms with Crippen LogP contribution >= 0.6 is 0 Å². The molecule has 96 valence electrons. The number of aromatic nitrogens is 2. The summed E-state index contributed by atoms with van der Waals surface area (Å²) in [4.78, 5) is 0. The Hall–Kier alpha value is -2.68. The first-order valence-electron chi connectivity index (χ1n) is 6.55. The number of hydrogen-bond acceptors (Lipinski definition) is 3. The van der Waals surface area contributed by atoms with Crippen LogP contribution < -0.4 is 0 Å². The highest BCUT2D eigenvalue weighted by atomic mass is 16.3. The molecule has 1 N–H and O–H groups in total. The Kier molecular flexibility index (Phi) is 2.33. The van der Waals surface area contributed by atoms with Gasteiger partial charge in [-0.3, -0.25) is 0 Å². The fourth-order valence-corrected chi connectivity index (χ4v) is 2.80. The molecule has 0 spiro atoms. The first kappa shape index (κ1) is 11.2. The van der Waals surface area contributed by atoms with Crippen molar-refractivity contribution in [1.29, 1.82) is 0 Å². The van der Waals surface area contributed by atoms with Crippen LogP contribution in [0.15, 0.2) is 54.7 Å². The molecule has 0 amide bonds. The van der Waals surface area contributed by atoms with Gasteiger partial charge in [-0.25, -0.2) is 0 Å².